The summed E-state index contributed by atoms with van der Waals surface area (Å²) in [6, 6.07) is 3.25. The lowest BCUT2D eigenvalue weighted by atomic mass is 10.2. The number of carbonyl (C=O) groups excluding carboxylic acids is 2. The van der Waals surface area contributed by atoms with Gasteiger partial charge in [-0.1, -0.05) is 0 Å². The van der Waals surface area contributed by atoms with Crippen LogP contribution in [0, 0.1) is 0 Å². The number of rotatable bonds is 3. The van der Waals surface area contributed by atoms with Gasteiger partial charge in [0.2, 0.25) is 0 Å². The first-order valence-electron chi connectivity index (χ1n) is 4.10. The number of carbonyl (C=O) groups is 2. The van der Waals surface area contributed by atoms with Crippen molar-refractivity contribution < 1.29 is 19.1 Å². The summed E-state index contributed by atoms with van der Waals surface area (Å²) in [5.41, 5.74) is 0.254. The third kappa shape index (κ3) is 2.56. The van der Waals surface area contributed by atoms with Crippen LogP contribution in [0.5, 0.6) is 11.5 Å². The van der Waals surface area contributed by atoms with Crippen LogP contribution in [0.25, 0.3) is 0 Å². The van der Waals surface area contributed by atoms with Crippen LogP contribution in [-0.2, 0) is 4.79 Å². The predicted octanol–water partition coefficient (Wildman–Crippen LogP) is 2.20. The Morgan fingerprint density at radius 1 is 1.47 bits per heavy atom. The highest BCUT2D eigenvalue weighted by Gasteiger charge is 2.15. The van der Waals surface area contributed by atoms with E-state index in [4.69, 9.17) is 9.47 Å². The van der Waals surface area contributed by atoms with Gasteiger partial charge in [-0.2, -0.15) is 0 Å². The normalized spacial score (nSPS) is 9.53. The minimum Gasteiger partial charge on any atom is -0.493 e. The number of aldehydes is 1. The lowest BCUT2D eigenvalue weighted by molar-refractivity contribution is -0.132. The maximum absolute atomic E-state index is 10.9. The van der Waals surface area contributed by atoms with Gasteiger partial charge in [-0.15, -0.1) is 0 Å². The summed E-state index contributed by atoms with van der Waals surface area (Å²) in [5.74, 6) is -0.0284. The molecule has 0 aliphatic heterocycles. The van der Waals surface area contributed by atoms with E-state index in [1.165, 1.54) is 14.0 Å². The summed E-state index contributed by atoms with van der Waals surface area (Å²) in [6.07, 6.45) is 0.602. The standard InChI is InChI=1S/C10H9BrO4/c1-6(13)15-10-7(5-12)8(11)3-4-9(10)14-2/h3-5H,1-2H3. The zero-order valence-electron chi connectivity index (χ0n) is 8.24. The van der Waals surface area contributed by atoms with Crippen molar-refractivity contribution >= 4 is 28.2 Å². The molecule has 1 aromatic rings. The number of benzene rings is 1. The molecule has 0 bridgehead atoms. The summed E-state index contributed by atoms with van der Waals surface area (Å²) < 4.78 is 10.5. The van der Waals surface area contributed by atoms with E-state index >= 15 is 0 Å². The molecule has 0 fully saturated rings. The molecule has 0 heterocycles. The second kappa shape index (κ2) is 4.93. The van der Waals surface area contributed by atoms with Gasteiger partial charge in [0.15, 0.2) is 17.8 Å². The molecule has 0 amide bonds. The highest BCUT2D eigenvalue weighted by atomic mass is 79.9. The Hall–Kier alpha value is -1.36. The SMILES string of the molecule is COc1ccc(Br)c(C=O)c1OC(C)=O. The predicted molar refractivity (Wildman–Crippen MR) is 57.4 cm³/mol. The van der Waals surface area contributed by atoms with Crippen LogP contribution < -0.4 is 9.47 Å². The Balaban J connectivity index is 3.33. The molecule has 1 rings (SSSR count). The molecule has 0 saturated heterocycles. The van der Waals surface area contributed by atoms with Gasteiger partial charge < -0.3 is 9.47 Å². The van der Waals surface area contributed by atoms with Crippen LogP contribution in [0.3, 0.4) is 0 Å². The Kier molecular flexibility index (Phi) is 3.85. The van der Waals surface area contributed by atoms with Gasteiger partial charge in [0.05, 0.1) is 12.7 Å². The summed E-state index contributed by atoms with van der Waals surface area (Å²) in [4.78, 5) is 21.7. The van der Waals surface area contributed by atoms with Crippen LogP contribution in [0.15, 0.2) is 16.6 Å². The number of hydrogen-bond acceptors (Lipinski definition) is 4. The summed E-state index contributed by atoms with van der Waals surface area (Å²) >= 11 is 3.18. The van der Waals surface area contributed by atoms with Crippen molar-refractivity contribution in [3.05, 3.63) is 22.2 Å². The molecule has 15 heavy (non-hydrogen) atoms. The number of hydrogen-bond donors (Lipinski definition) is 0. The molecule has 1 aromatic carbocycles. The van der Waals surface area contributed by atoms with Crippen LogP contribution in [0.1, 0.15) is 17.3 Å². The number of esters is 1. The van der Waals surface area contributed by atoms with Gasteiger partial charge in [-0.25, -0.2) is 0 Å². The van der Waals surface area contributed by atoms with E-state index in [2.05, 4.69) is 15.9 Å². The molecule has 0 aliphatic rings. The monoisotopic (exact) mass is 272 g/mol. The van der Waals surface area contributed by atoms with Crippen molar-refractivity contribution in [2.45, 2.75) is 6.92 Å². The van der Waals surface area contributed by atoms with Crippen molar-refractivity contribution in [1.29, 1.82) is 0 Å². The summed E-state index contributed by atoms with van der Waals surface area (Å²) in [6.45, 7) is 1.26. The van der Waals surface area contributed by atoms with Crippen LogP contribution in [-0.4, -0.2) is 19.4 Å². The smallest absolute Gasteiger partial charge is 0.308 e. The van der Waals surface area contributed by atoms with Gasteiger partial charge in [-0.3, -0.25) is 9.59 Å². The zero-order valence-corrected chi connectivity index (χ0v) is 9.83. The van der Waals surface area contributed by atoms with Gasteiger partial charge in [0.25, 0.3) is 0 Å². The zero-order chi connectivity index (χ0) is 11.4. The van der Waals surface area contributed by atoms with Crippen LogP contribution in [0.4, 0.5) is 0 Å². The van der Waals surface area contributed by atoms with Crippen LogP contribution in [0.2, 0.25) is 0 Å². The lowest BCUT2D eigenvalue weighted by Crippen LogP contribution is -2.06. The Bertz CT molecular complexity index is 401. The third-order valence-electron chi connectivity index (χ3n) is 1.69. The fourth-order valence-corrected chi connectivity index (χ4v) is 1.48. The van der Waals surface area contributed by atoms with Crippen molar-refractivity contribution in [2.75, 3.05) is 7.11 Å². The Morgan fingerprint density at radius 2 is 2.13 bits per heavy atom. The van der Waals surface area contributed by atoms with E-state index in [9.17, 15) is 9.59 Å². The summed E-state index contributed by atoms with van der Waals surface area (Å²) in [7, 11) is 1.44. The Morgan fingerprint density at radius 3 is 2.60 bits per heavy atom. The highest BCUT2D eigenvalue weighted by Crippen LogP contribution is 2.35. The van der Waals surface area contributed by atoms with E-state index in [1.807, 2.05) is 0 Å². The van der Waals surface area contributed by atoms with E-state index in [-0.39, 0.29) is 11.3 Å². The number of ether oxygens (including phenoxy) is 2. The highest BCUT2D eigenvalue weighted by molar-refractivity contribution is 9.10. The average Bonchev–Trinajstić information content (AvgIpc) is 2.18. The largest absolute Gasteiger partial charge is 0.493 e. The van der Waals surface area contributed by atoms with Crippen molar-refractivity contribution in [3.8, 4) is 11.5 Å². The summed E-state index contributed by atoms with van der Waals surface area (Å²) in [5, 5.41) is 0. The molecular weight excluding hydrogens is 264 g/mol. The second-order valence-corrected chi connectivity index (χ2v) is 3.56. The van der Waals surface area contributed by atoms with E-state index in [0.29, 0.717) is 16.5 Å². The molecule has 0 atom stereocenters. The molecule has 0 aliphatic carbocycles. The molecule has 5 heteroatoms. The molecule has 0 spiro atoms. The first-order chi connectivity index (χ1) is 7.10. The second-order valence-electron chi connectivity index (χ2n) is 2.70. The van der Waals surface area contributed by atoms with Crippen molar-refractivity contribution in [1.82, 2.24) is 0 Å². The van der Waals surface area contributed by atoms with Crippen molar-refractivity contribution in [2.24, 2.45) is 0 Å². The number of halogens is 1. The van der Waals surface area contributed by atoms with Crippen molar-refractivity contribution in [3.63, 3.8) is 0 Å². The molecule has 4 nitrogen and oxygen atoms in total. The topological polar surface area (TPSA) is 52.6 Å². The first-order valence-corrected chi connectivity index (χ1v) is 4.89. The molecule has 0 aromatic heterocycles. The fraction of sp³-hybridized carbons (Fsp3) is 0.200. The molecule has 0 radical (unpaired) electrons. The van der Waals surface area contributed by atoms with Gasteiger partial charge in [0.1, 0.15) is 0 Å². The minimum atomic E-state index is -0.505. The number of methoxy groups -OCH3 is 1. The first kappa shape index (κ1) is 11.7. The van der Waals surface area contributed by atoms with E-state index in [1.54, 1.807) is 12.1 Å². The van der Waals surface area contributed by atoms with Crippen LogP contribution >= 0.6 is 15.9 Å². The van der Waals surface area contributed by atoms with E-state index in [0.717, 1.165) is 0 Å². The maximum atomic E-state index is 10.9. The molecule has 0 unspecified atom stereocenters. The Labute approximate surface area is 95.3 Å². The maximum Gasteiger partial charge on any atom is 0.308 e. The minimum absolute atomic E-state index is 0.134. The molecule has 0 N–H and O–H groups in total. The molecule has 80 valence electrons. The third-order valence-corrected chi connectivity index (χ3v) is 2.38. The average molecular weight is 273 g/mol. The fourth-order valence-electron chi connectivity index (χ4n) is 1.08. The lowest BCUT2D eigenvalue weighted by Gasteiger charge is -2.10. The molecular formula is C10H9BrO4. The van der Waals surface area contributed by atoms with Gasteiger partial charge >= 0.3 is 5.97 Å². The molecule has 0 saturated carbocycles. The van der Waals surface area contributed by atoms with E-state index < -0.39 is 5.97 Å². The quantitative estimate of drug-likeness (QED) is 0.481. The van der Waals surface area contributed by atoms with Gasteiger partial charge in [-0.05, 0) is 28.1 Å². The van der Waals surface area contributed by atoms with Gasteiger partial charge in [0, 0.05) is 11.4 Å².